The van der Waals surface area contributed by atoms with Crippen LogP contribution in [0, 0.1) is 10.8 Å². The normalized spacial score (nSPS) is 11.9. The Labute approximate surface area is 144 Å². The van der Waals surface area contributed by atoms with Crippen molar-refractivity contribution >= 4 is 34.8 Å². The third-order valence-corrected chi connectivity index (χ3v) is 4.48. The second-order valence-electron chi connectivity index (χ2n) is 7.14. The minimum Gasteiger partial charge on any atom is -0.326 e. The molecule has 1 aromatic rings. The first-order valence-electron chi connectivity index (χ1n) is 7.91. The second kappa shape index (κ2) is 7.82. The summed E-state index contributed by atoms with van der Waals surface area (Å²) < 4.78 is 0. The summed E-state index contributed by atoms with van der Waals surface area (Å²) in [7, 11) is 0. The van der Waals surface area contributed by atoms with E-state index >= 15 is 0 Å². The minimum atomic E-state index is -0.649. The lowest BCUT2D eigenvalue weighted by molar-refractivity contribution is -0.124. The van der Waals surface area contributed by atoms with Crippen molar-refractivity contribution in [2.75, 3.05) is 16.5 Å². The Bertz CT molecular complexity index is 568. The molecule has 0 fully saturated rings. The van der Waals surface area contributed by atoms with E-state index in [2.05, 4.69) is 17.6 Å². The zero-order valence-electron chi connectivity index (χ0n) is 14.6. The number of amides is 2. The van der Waals surface area contributed by atoms with Gasteiger partial charge in [-0.25, -0.2) is 0 Å². The van der Waals surface area contributed by atoms with Crippen molar-refractivity contribution in [2.24, 2.45) is 10.8 Å². The monoisotopic (exact) mass is 338 g/mol. The van der Waals surface area contributed by atoms with Gasteiger partial charge in [-0.05, 0) is 38.5 Å². The lowest BCUT2D eigenvalue weighted by Crippen LogP contribution is -2.32. The van der Waals surface area contributed by atoms with E-state index in [1.807, 2.05) is 19.9 Å². The van der Waals surface area contributed by atoms with Gasteiger partial charge in [0.1, 0.15) is 0 Å². The molecular formula is C18H27ClN2O2. The summed E-state index contributed by atoms with van der Waals surface area (Å²) >= 11 is 5.82. The fourth-order valence-corrected chi connectivity index (χ4v) is 2.20. The van der Waals surface area contributed by atoms with Crippen molar-refractivity contribution in [3.05, 3.63) is 24.3 Å². The Morgan fingerprint density at radius 3 is 1.91 bits per heavy atom. The third-order valence-electron chi connectivity index (χ3n) is 3.82. The molecule has 0 atom stereocenters. The fraction of sp³-hybridized carbons (Fsp3) is 0.556. The number of alkyl halides is 1. The van der Waals surface area contributed by atoms with Crippen LogP contribution in [0.1, 0.15) is 47.5 Å². The van der Waals surface area contributed by atoms with E-state index < -0.39 is 10.8 Å². The molecular weight excluding hydrogens is 312 g/mol. The highest BCUT2D eigenvalue weighted by Gasteiger charge is 2.27. The van der Waals surface area contributed by atoms with Crippen LogP contribution in [0.2, 0.25) is 0 Å². The zero-order valence-corrected chi connectivity index (χ0v) is 15.4. The predicted molar refractivity (Wildman–Crippen MR) is 96.9 cm³/mol. The van der Waals surface area contributed by atoms with Crippen LogP contribution >= 0.6 is 11.6 Å². The average Bonchev–Trinajstić information content (AvgIpc) is 2.47. The van der Waals surface area contributed by atoms with Crippen LogP contribution in [-0.4, -0.2) is 17.7 Å². The van der Waals surface area contributed by atoms with Crippen LogP contribution in [0.3, 0.4) is 0 Å². The molecule has 0 saturated heterocycles. The molecule has 0 unspecified atom stereocenters. The maximum atomic E-state index is 12.3. The quantitative estimate of drug-likeness (QED) is 0.710. The molecule has 23 heavy (non-hydrogen) atoms. The topological polar surface area (TPSA) is 58.2 Å². The standard InChI is InChI=1S/C18H27ClN2O2/c1-6-10-17(2,3)15(22)20-13-8-7-9-14(11-13)21-16(23)18(4,5)12-19/h7-9,11H,6,10,12H2,1-5H3,(H,20,22)(H,21,23). The van der Waals surface area contributed by atoms with Gasteiger partial charge in [0.15, 0.2) is 0 Å². The van der Waals surface area contributed by atoms with Crippen molar-refractivity contribution in [2.45, 2.75) is 47.5 Å². The van der Waals surface area contributed by atoms with E-state index in [0.717, 1.165) is 12.8 Å². The lowest BCUT2D eigenvalue weighted by atomic mass is 9.87. The van der Waals surface area contributed by atoms with Gasteiger partial charge < -0.3 is 10.6 Å². The molecule has 5 heteroatoms. The Morgan fingerprint density at radius 1 is 1.00 bits per heavy atom. The van der Waals surface area contributed by atoms with Crippen molar-refractivity contribution in [3.8, 4) is 0 Å². The summed E-state index contributed by atoms with van der Waals surface area (Å²) in [6.07, 6.45) is 1.77. The van der Waals surface area contributed by atoms with Crippen LogP contribution < -0.4 is 10.6 Å². The number of hydrogen-bond acceptors (Lipinski definition) is 2. The second-order valence-corrected chi connectivity index (χ2v) is 7.41. The first-order valence-corrected chi connectivity index (χ1v) is 8.45. The molecule has 0 bridgehead atoms. The Kier molecular flexibility index (Phi) is 6.63. The Morgan fingerprint density at radius 2 is 1.48 bits per heavy atom. The maximum Gasteiger partial charge on any atom is 0.231 e. The summed E-state index contributed by atoms with van der Waals surface area (Å²) in [5.74, 6) is 0.0618. The van der Waals surface area contributed by atoms with Gasteiger partial charge in [0, 0.05) is 22.7 Å². The molecule has 0 aliphatic carbocycles. The highest BCUT2D eigenvalue weighted by molar-refractivity contribution is 6.20. The van der Waals surface area contributed by atoms with Crippen LogP contribution in [0.5, 0.6) is 0 Å². The van der Waals surface area contributed by atoms with Gasteiger partial charge in [-0.1, -0.05) is 33.3 Å². The van der Waals surface area contributed by atoms with E-state index in [0.29, 0.717) is 11.4 Å². The van der Waals surface area contributed by atoms with Crippen molar-refractivity contribution in [1.29, 1.82) is 0 Å². The van der Waals surface area contributed by atoms with Crippen molar-refractivity contribution in [1.82, 2.24) is 0 Å². The first kappa shape index (κ1) is 19.5. The zero-order chi connectivity index (χ0) is 17.7. The SMILES string of the molecule is CCCC(C)(C)C(=O)Nc1cccc(NC(=O)C(C)(C)CCl)c1. The molecule has 0 aromatic heterocycles. The number of carbonyl (C=O) groups excluding carboxylic acids is 2. The van der Waals surface area contributed by atoms with Gasteiger partial charge in [-0.15, -0.1) is 11.6 Å². The minimum absolute atomic E-state index is 0.0242. The summed E-state index contributed by atoms with van der Waals surface area (Å²) in [6.45, 7) is 9.49. The fourth-order valence-electron chi connectivity index (χ4n) is 2.07. The number of carbonyl (C=O) groups is 2. The van der Waals surface area contributed by atoms with Crippen molar-refractivity contribution in [3.63, 3.8) is 0 Å². The Balaban J connectivity index is 2.82. The molecule has 0 spiro atoms. The van der Waals surface area contributed by atoms with E-state index in [1.165, 1.54) is 0 Å². The van der Waals surface area contributed by atoms with Gasteiger partial charge in [0.2, 0.25) is 11.8 Å². The molecule has 1 rings (SSSR count). The van der Waals surface area contributed by atoms with Crippen LogP contribution in [0.25, 0.3) is 0 Å². The number of halogens is 1. The first-order chi connectivity index (χ1) is 10.6. The van der Waals surface area contributed by atoms with Gasteiger partial charge in [-0.2, -0.15) is 0 Å². The predicted octanol–water partition coefficient (Wildman–Crippen LogP) is 4.65. The van der Waals surface area contributed by atoms with Crippen LogP contribution in [0.4, 0.5) is 11.4 Å². The van der Waals surface area contributed by atoms with E-state index in [9.17, 15) is 9.59 Å². The summed E-state index contributed by atoms with van der Waals surface area (Å²) in [4.78, 5) is 24.5. The molecule has 4 nitrogen and oxygen atoms in total. The van der Waals surface area contributed by atoms with Crippen LogP contribution in [-0.2, 0) is 9.59 Å². The molecule has 2 amide bonds. The third kappa shape index (κ3) is 5.54. The number of nitrogens with one attached hydrogen (secondary N) is 2. The van der Waals surface area contributed by atoms with Gasteiger partial charge in [0.25, 0.3) is 0 Å². The molecule has 0 aliphatic rings. The average molecular weight is 339 g/mol. The molecule has 0 radical (unpaired) electrons. The van der Waals surface area contributed by atoms with Crippen LogP contribution in [0.15, 0.2) is 24.3 Å². The summed E-state index contributed by atoms with van der Waals surface area (Å²) in [5, 5.41) is 5.75. The molecule has 2 N–H and O–H groups in total. The smallest absolute Gasteiger partial charge is 0.231 e. The molecule has 0 heterocycles. The summed E-state index contributed by atoms with van der Waals surface area (Å²) in [6, 6.07) is 7.14. The highest BCUT2D eigenvalue weighted by Crippen LogP contribution is 2.26. The largest absolute Gasteiger partial charge is 0.326 e. The van der Waals surface area contributed by atoms with E-state index in [1.54, 1.807) is 32.0 Å². The highest BCUT2D eigenvalue weighted by atomic mass is 35.5. The molecule has 128 valence electrons. The number of rotatable bonds is 7. The van der Waals surface area contributed by atoms with Gasteiger partial charge in [0.05, 0.1) is 5.41 Å². The Hall–Kier alpha value is -1.55. The number of benzene rings is 1. The molecule has 0 aliphatic heterocycles. The van der Waals surface area contributed by atoms with Gasteiger partial charge in [-0.3, -0.25) is 9.59 Å². The van der Waals surface area contributed by atoms with Crippen molar-refractivity contribution < 1.29 is 9.59 Å². The maximum absolute atomic E-state index is 12.3. The molecule has 1 aromatic carbocycles. The summed E-state index contributed by atoms with van der Waals surface area (Å²) in [5.41, 5.74) is 0.235. The lowest BCUT2D eigenvalue weighted by Gasteiger charge is -2.23. The number of anilines is 2. The van der Waals surface area contributed by atoms with E-state index in [-0.39, 0.29) is 17.7 Å². The molecule has 0 saturated carbocycles. The number of hydrogen-bond donors (Lipinski definition) is 2. The van der Waals surface area contributed by atoms with E-state index in [4.69, 9.17) is 11.6 Å². The van der Waals surface area contributed by atoms with Gasteiger partial charge >= 0.3 is 0 Å².